The van der Waals surface area contributed by atoms with Crippen molar-refractivity contribution in [1.29, 1.82) is 0 Å². The summed E-state index contributed by atoms with van der Waals surface area (Å²) in [6.45, 7) is 3.71. The van der Waals surface area contributed by atoms with Gasteiger partial charge in [0, 0.05) is 3.57 Å². The van der Waals surface area contributed by atoms with Crippen LogP contribution in [0.4, 0.5) is 0 Å². The lowest BCUT2D eigenvalue weighted by molar-refractivity contribution is -0.146. The molecule has 0 aromatic heterocycles. The zero-order valence-electron chi connectivity index (χ0n) is 12.4. The Morgan fingerprint density at radius 3 is 2.43 bits per heavy atom. The van der Waals surface area contributed by atoms with Gasteiger partial charge in [-0.05, 0) is 52.8 Å². The minimum absolute atomic E-state index is 0.000274. The van der Waals surface area contributed by atoms with Gasteiger partial charge in [0.05, 0.1) is 7.11 Å². The largest absolute Gasteiger partial charge is 0.484 e. The average Bonchev–Trinajstić information content (AvgIpc) is 2.50. The molecule has 6 heteroatoms. The molecule has 0 aliphatic rings. The predicted molar refractivity (Wildman–Crippen MR) is 88.1 cm³/mol. The number of methoxy groups -OCH3 is 1. The van der Waals surface area contributed by atoms with Gasteiger partial charge >= 0.3 is 5.97 Å². The maximum absolute atomic E-state index is 11.9. The highest BCUT2D eigenvalue weighted by atomic mass is 127. The number of carbonyl (C=O) groups excluding carboxylic acids is 2. The second kappa shape index (κ2) is 8.86. The maximum atomic E-state index is 11.9. The fraction of sp³-hybridized carbons (Fsp3) is 0.467. The molecule has 0 radical (unpaired) electrons. The van der Waals surface area contributed by atoms with E-state index in [2.05, 4.69) is 27.9 Å². The monoisotopic (exact) mass is 405 g/mol. The molecule has 0 aliphatic heterocycles. The summed E-state index contributed by atoms with van der Waals surface area (Å²) >= 11 is 2.19. The van der Waals surface area contributed by atoms with Crippen LogP contribution in [0, 0.1) is 9.49 Å². The maximum Gasteiger partial charge on any atom is 0.328 e. The van der Waals surface area contributed by atoms with Crippen LogP contribution in [0.2, 0.25) is 0 Å². The van der Waals surface area contributed by atoms with Gasteiger partial charge in [0.2, 0.25) is 0 Å². The number of ether oxygens (including phenoxy) is 2. The van der Waals surface area contributed by atoms with E-state index in [1.807, 2.05) is 26.0 Å². The van der Waals surface area contributed by atoms with Gasteiger partial charge in [-0.25, -0.2) is 4.79 Å². The van der Waals surface area contributed by atoms with E-state index >= 15 is 0 Å². The van der Waals surface area contributed by atoms with Crippen LogP contribution in [0.5, 0.6) is 5.75 Å². The Morgan fingerprint density at radius 1 is 1.29 bits per heavy atom. The number of esters is 1. The van der Waals surface area contributed by atoms with Crippen molar-refractivity contribution in [3.8, 4) is 5.75 Å². The molecule has 0 fully saturated rings. The molecule has 2 unspecified atom stereocenters. The Balaban J connectivity index is 2.53. The van der Waals surface area contributed by atoms with Crippen LogP contribution in [-0.2, 0) is 14.3 Å². The van der Waals surface area contributed by atoms with Crippen LogP contribution in [-0.4, -0.2) is 31.6 Å². The second-order valence-corrected chi connectivity index (χ2v) is 5.94. The first kappa shape index (κ1) is 17.7. The van der Waals surface area contributed by atoms with Gasteiger partial charge in [0.1, 0.15) is 11.8 Å². The van der Waals surface area contributed by atoms with Gasteiger partial charge < -0.3 is 14.8 Å². The van der Waals surface area contributed by atoms with E-state index in [1.54, 1.807) is 12.1 Å². The molecule has 21 heavy (non-hydrogen) atoms. The Morgan fingerprint density at radius 2 is 1.90 bits per heavy atom. The van der Waals surface area contributed by atoms with Crippen molar-refractivity contribution in [3.63, 3.8) is 0 Å². The van der Waals surface area contributed by atoms with Gasteiger partial charge in [-0.1, -0.05) is 20.3 Å². The van der Waals surface area contributed by atoms with Crippen LogP contribution in [0.25, 0.3) is 0 Å². The Kier molecular flexibility index (Phi) is 7.49. The Hall–Kier alpha value is -1.31. The number of hydrogen-bond donors (Lipinski definition) is 1. The highest BCUT2D eigenvalue weighted by molar-refractivity contribution is 14.1. The van der Waals surface area contributed by atoms with Crippen molar-refractivity contribution >= 4 is 34.5 Å². The molecule has 2 atom stereocenters. The molecule has 0 bridgehead atoms. The minimum atomic E-state index is -0.646. The lowest BCUT2D eigenvalue weighted by atomic mass is 9.99. The number of benzene rings is 1. The molecule has 0 aliphatic carbocycles. The van der Waals surface area contributed by atoms with Crippen molar-refractivity contribution in [2.45, 2.75) is 26.3 Å². The van der Waals surface area contributed by atoms with E-state index in [9.17, 15) is 9.59 Å². The molecule has 1 amide bonds. The summed E-state index contributed by atoms with van der Waals surface area (Å²) in [5, 5.41) is 2.66. The number of hydrogen-bond acceptors (Lipinski definition) is 4. The SMILES string of the molecule is CCC(C)C(NC(=O)COc1ccc(I)cc1)C(=O)OC. The summed E-state index contributed by atoms with van der Waals surface area (Å²) in [5.74, 6) is -0.167. The van der Waals surface area contributed by atoms with Gasteiger partial charge in [-0.2, -0.15) is 0 Å². The summed E-state index contributed by atoms with van der Waals surface area (Å²) in [6.07, 6.45) is 0.762. The molecule has 1 aromatic rings. The van der Waals surface area contributed by atoms with Crippen LogP contribution in [0.15, 0.2) is 24.3 Å². The van der Waals surface area contributed by atoms with Crippen LogP contribution in [0.1, 0.15) is 20.3 Å². The van der Waals surface area contributed by atoms with Gasteiger partial charge in [0.15, 0.2) is 6.61 Å². The smallest absolute Gasteiger partial charge is 0.328 e. The predicted octanol–water partition coefficient (Wildman–Crippen LogP) is 2.37. The highest BCUT2D eigenvalue weighted by Crippen LogP contribution is 2.13. The molecule has 1 aromatic carbocycles. The van der Waals surface area contributed by atoms with E-state index in [1.165, 1.54) is 7.11 Å². The number of carbonyl (C=O) groups is 2. The van der Waals surface area contributed by atoms with Gasteiger partial charge in [0.25, 0.3) is 5.91 Å². The third-order valence-electron chi connectivity index (χ3n) is 3.17. The molecule has 0 heterocycles. The average molecular weight is 405 g/mol. The van der Waals surface area contributed by atoms with E-state index < -0.39 is 12.0 Å². The summed E-state index contributed by atoms with van der Waals surface area (Å²) in [5.41, 5.74) is 0. The third kappa shape index (κ3) is 5.91. The first-order chi connectivity index (χ1) is 9.97. The van der Waals surface area contributed by atoms with Crippen molar-refractivity contribution in [2.24, 2.45) is 5.92 Å². The summed E-state index contributed by atoms with van der Waals surface area (Å²) in [6, 6.07) is 6.73. The fourth-order valence-corrected chi connectivity index (χ4v) is 2.05. The molecule has 1 rings (SSSR count). The number of amides is 1. The first-order valence-corrected chi connectivity index (χ1v) is 7.81. The van der Waals surface area contributed by atoms with Crippen molar-refractivity contribution in [3.05, 3.63) is 27.8 Å². The van der Waals surface area contributed by atoms with Crippen LogP contribution < -0.4 is 10.1 Å². The number of halogens is 1. The van der Waals surface area contributed by atoms with Crippen molar-refractivity contribution in [2.75, 3.05) is 13.7 Å². The molecule has 1 N–H and O–H groups in total. The van der Waals surface area contributed by atoms with Gasteiger partial charge in [-0.15, -0.1) is 0 Å². The normalized spacial score (nSPS) is 13.1. The molecule has 0 saturated carbocycles. The molecule has 5 nitrogen and oxygen atoms in total. The summed E-state index contributed by atoms with van der Waals surface area (Å²) < 4.78 is 11.2. The summed E-state index contributed by atoms with van der Waals surface area (Å²) in [4.78, 5) is 23.6. The van der Waals surface area contributed by atoms with Gasteiger partial charge in [-0.3, -0.25) is 4.79 Å². The Bertz CT molecular complexity index is 475. The van der Waals surface area contributed by atoms with E-state index in [0.717, 1.165) is 9.99 Å². The standard InChI is InChI=1S/C15H20INO4/c1-4-10(2)14(15(19)20-3)17-13(18)9-21-12-7-5-11(16)6-8-12/h5-8,10,14H,4,9H2,1-3H3,(H,17,18). The Labute approximate surface area is 138 Å². The summed E-state index contributed by atoms with van der Waals surface area (Å²) in [7, 11) is 1.31. The fourth-order valence-electron chi connectivity index (χ4n) is 1.69. The van der Waals surface area contributed by atoms with Crippen molar-refractivity contribution < 1.29 is 19.1 Å². The minimum Gasteiger partial charge on any atom is -0.484 e. The first-order valence-electron chi connectivity index (χ1n) is 6.73. The van der Waals surface area contributed by atoms with E-state index in [-0.39, 0.29) is 18.4 Å². The second-order valence-electron chi connectivity index (χ2n) is 4.70. The molecular weight excluding hydrogens is 385 g/mol. The third-order valence-corrected chi connectivity index (χ3v) is 3.89. The molecule has 0 saturated heterocycles. The molecular formula is C15H20INO4. The number of rotatable bonds is 7. The number of nitrogens with one attached hydrogen (secondary N) is 1. The topological polar surface area (TPSA) is 64.6 Å². The molecule has 116 valence electrons. The van der Waals surface area contributed by atoms with Crippen molar-refractivity contribution in [1.82, 2.24) is 5.32 Å². The van der Waals surface area contributed by atoms with Crippen LogP contribution in [0.3, 0.4) is 0 Å². The lowest BCUT2D eigenvalue weighted by Crippen LogP contribution is -2.47. The van der Waals surface area contributed by atoms with E-state index in [0.29, 0.717) is 5.75 Å². The van der Waals surface area contributed by atoms with E-state index in [4.69, 9.17) is 9.47 Å². The zero-order valence-corrected chi connectivity index (χ0v) is 14.5. The van der Waals surface area contributed by atoms with Crippen LogP contribution >= 0.6 is 22.6 Å². The highest BCUT2D eigenvalue weighted by Gasteiger charge is 2.26. The quantitative estimate of drug-likeness (QED) is 0.559. The lowest BCUT2D eigenvalue weighted by Gasteiger charge is -2.21. The molecule has 0 spiro atoms. The zero-order chi connectivity index (χ0) is 15.8.